The number of nitrogens with zero attached hydrogens (tertiary/aromatic N) is 1. The highest BCUT2D eigenvalue weighted by Gasteiger charge is 2.19. The molecule has 0 spiro atoms. The summed E-state index contributed by atoms with van der Waals surface area (Å²) in [4.78, 5) is 25.4. The Hall–Kier alpha value is -4.39. The lowest BCUT2D eigenvalue weighted by Gasteiger charge is -2.18. The minimum Gasteiger partial charge on any atom is -0.504 e. The summed E-state index contributed by atoms with van der Waals surface area (Å²) in [7, 11) is 0. The summed E-state index contributed by atoms with van der Waals surface area (Å²) in [6.45, 7) is 5.93. The maximum Gasteiger partial charge on any atom is 0.251 e. The van der Waals surface area contributed by atoms with Crippen molar-refractivity contribution in [2.75, 3.05) is 6.61 Å². The Morgan fingerprint density at radius 1 is 1.09 bits per heavy atom. The van der Waals surface area contributed by atoms with Crippen molar-refractivity contribution in [2.24, 2.45) is 5.10 Å². The van der Waals surface area contributed by atoms with Crippen molar-refractivity contribution in [3.05, 3.63) is 108 Å². The molecule has 1 atom stereocenters. The fourth-order valence-corrected chi connectivity index (χ4v) is 3.52. The first-order valence-electron chi connectivity index (χ1n) is 11.3. The van der Waals surface area contributed by atoms with Gasteiger partial charge in [-0.15, -0.1) is 6.58 Å². The molecule has 0 aliphatic heterocycles. The number of hydrogen-bond donors (Lipinski definition) is 3. The van der Waals surface area contributed by atoms with Gasteiger partial charge in [0.1, 0.15) is 0 Å². The largest absolute Gasteiger partial charge is 0.504 e. The van der Waals surface area contributed by atoms with Gasteiger partial charge >= 0.3 is 0 Å². The normalized spacial score (nSPS) is 11.6. The van der Waals surface area contributed by atoms with E-state index >= 15 is 0 Å². The Balaban J connectivity index is 1.70. The first kappa shape index (κ1) is 25.2. The van der Waals surface area contributed by atoms with E-state index in [4.69, 9.17) is 4.74 Å². The number of carbonyl (C=O) groups is 2. The van der Waals surface area contributed by atoms with Crippen LogP contribution in [0, 0.1) is 0 Å². The van der Waals surface area contributed by atoms with E-state index in [0.717, 1.165) is 5.56 Å². The number of ether oxygens (including phenoxy) is 1. The van der Waals surface area contributed by atoms with Crippen LogP contribution in [0.5, 0.6) is 11.5 Å². The second-order valence-corrected chi connectivity index (χ2v) is 7.75. The van der Waals surface area contributed by atoms with E-state index in [2.05, 4.69) is 22.4 Å². The van der Waals surface area contributed by atoms with Crippen LogP contribution in [0.15, 0.2) is 90.6 Å². The molecule has 0 fully saturated rings. The molecule has 0 aromatic heterocycles. The van der Waals surface area contributed by atoms with Crippen LogP contribution in [0.3, 0.4) is 0 Å². The van der Waals surface area contributed by atoms with Crippen LogP contribution in [-0.2, 0) is 11.2 Å². The molecule has 7 heteroatoms. The lowest BCUT2D eigenvalue weighted by atomic mass is 10.0. The van der Waals surface area contributed by atoms with Crippen molar-refractivity contribution in [2.45, 2.75) is 25.8 Å². The number of hydrogen-bond acceptors (Lipinski definition) is 5. The SMILES string of the molecule is C=CCc1cc(/C=N\NC(=O)C[C@@H](NC(=O)c2ccccc2)c2ccccc2)cc(OCC)c1O. The zero-order valence-corrected chi connectivity index (χ0v) is 19.6. The molecule has 0 bridgehead atoms. The van der Waals surface area contributed by atoms with Crippen molar-refractivity contribution in [1.29, 1.82) is 0 Å². The van der Waals surface area contributed by atoms with Gasteiger partial charge in [-0.05, 0) is 48.7 Å². The van der Waals surface area contributed by atoms with Crippen molar-refractivity contribution in [3.8, 4) is 11.5 Å². The minimum atomic E-state index is -0.531. The lowest BCUT2D eigenvalue weighted by molar-refractivity contribution is -0.121. The number of amides is 2. The number of aromatic hydroxyl groups is 1. The molecule has 0 saturated heterocycles. The van der Waals surface area contributed by atoms with Gasteiger partial charge in [0, 0.05) is 11.1 Å². The topological polar surface area (TPSA) is 100 Å². The van der Waals surface area contributed by atoms with Crippen molar-refractivity contribution >= 4 is 18.0 Å². The molecule has 35 heavy (non-hydrogen) atoms. The molecular formula is C28H29N3O4. The van der Waals surface area contributed by atoms with E-state index in [0.29, 0.717) is 35.5 Å². The standard InChI is InChI=1S/C28H29N3O4/c1-3-11-23-16-20(17-25(27(23)33)35-4-2)19-29-31-26(32)18-24(21-12-7-5-8-13-21)30-28(34)22-14-9-6-10-15-22/h3,5-10,12-17,19,24,33H,1,4,11,18H2,2H3,(H,30,34)(H,31,32)/b29-19-/t24-/m1/s1. The first-order chi connectivity index (χ1) is 17.0. The molecule has 3 N–H and O–H groups in total. The second-order valence-electron chi connectivity index (χ2n) is 7.75. The molecule has 0 aliphatic carbocycles. The van der Waals surface area contributed by atoms with E-state index in [1.165, 1.54) is 6.21 Å². The highest BCUT2D eigenvalue weighted by molar-refractivity contribution is 5.94. The third-order valence-corrected chi connectivity index (χ3v) is 5.18. The monoisotopic (exact) mass is 471 g/mol. The molecule has 3 aromatic carbocycles. The number of phenols is 1. The number of benzene rings is 3. The fraction of sp³-hybridized carbons (Fsp3) is 0.179. The second kappa shape index (κ2) is 12.7. The van der Waals surface area contributed by atoms with E-state index in [9.17, 15) is 14.7 Å². The van der Waals surface area contributed by atoms with E-state index in [1.54, 1.807) is 42.5 Å². The van der Waals surface area contributed by atoms with E-state index in [1.807, 2.05) is 43.3 Å². The highest BCUT2D eigenvalue weighted by atomic mass is 16.5. The van der Waals surface area contributed by atoms with Gasteiger partial charge in [-0.1, -0.05) is 54.6 Å². The molecule has 0 radical (unpaired) electrons. The third kappa shape index (κ3) is 7.30. The van der Waals surface area contributed by atoms with Gasteiger partial charge in [0.25, 0.3) is 5.91 Å². The summed E-state index contributed by atoms with van der Waals surface area (Å²) in [6.07, 6.45) is 3.62. The maximum atomic E-state index is 12.7. The number of allylic oxidation sites excluding steroid dienone is 1. The van der Waals surface area contributed by atoms with Gasteiger partial charge in [0.2, 0.25) is 5.91 Å². The third-order valence-electron chi connectivity index (χ3n) is 5.18. The van der Waals surface area contributed by atoms with Gasteiger partial charge in [0.15, 0.2) is 11.5 Å². The zero-order chi connectivity index (χ0) is 25.0. The predicted molar refractivity (Wildman–Crippen MR) is 137 cm³/mol. The van der Waals surface area contributed by atoms with Crippen LogP contribution in [0.25, 0.3) is 0 Å². The lowest BCUT2D eigenvalue weighted by Crippen LogP contribution is -2.32. The summed E-state index contributed by atoms with van der Waals surface area (Å²) >= 11 is 0. The molecule has 180 valence electrons. The molecule has 0 saturated carbocycles. The minimum absolute atomic E-state index is 0.00140. The van der Waals surface area contributed by atoms with Gasteiger partial charge in [-0.2, -0.15) is 5.10 Å². The molecular weight excluding hydrogens is 442 g/mol. The summed E-state index contributed by atoms with van der Waals surface area (Å²) in [6, 6.07) is 21.0. The zero-order valence-electron chi connectivity index (χ0n) is 19.6. The Kier molecular flexibility index (Phi) is 9.19. The molecule has 2 amide bonds. The van der Waals surface area contributed by atoms with Crippen molar-refractivity contribution in [3.63, 3.8) is 0 Å². The van der Waals surface area contributed by atoms with Crippen LogP contribution < -0.4 is 15.5 Å². The number of carbonyl (C=O) groups excluding carboxylic acids is 2. The van der Waals surface area contributed by atoms with Crippen LogP contribution in [0.2, 0.25) is 0 Å². The van der Waals surface area contributed by atoms with Gasteiger partial charge in [0.05, 0.1) is 25.3 Å². The van der Waals surface area contributed by atoms with Crippen LogP contribution in [0.4, 0.5) is 0 Å². The number of nitrogens with one attached hydrogen (secondary N) is 2. The Bertz CT molecular complexity index is 1180. The molecule has 3 aromatic rings. The molecule has 0 aliphatic rings. The number of hydrazone groups is 1. The highest BCUT2D eigenvalue weighted by Crippen LogP contribution is 2.32. The number of rotatable bonds is 11. The Morgan fingerprint density at radius 2 is 1.77 bits per heavy atom. The summed E-state index contributed by atoms with van der Waals surface area (Å²) < 4.78 is 5.49. The van der Waals surface area contributed by atoms with Crippen LogP contribution in [-0.4, -0.2) is 29.7 Å². The maximum absolute atomic E-state index is 12.7. The van der Waals surface area contributed by atoms with E-state index < -0.39 is 6.04 Å². The Labute approximate surface area is 205 Å². The van der Waals surface area contributed by atoms with Crippen LogP contribution >= 0.6 is 0 Å². The van der Waals surface area contributed by atoms with Gasteiger partial charge in [-0.25, -0.2) is 5.43 Å². The smallest absolute Gasteiger partial charge is 0.251 e. The quantitative estimate of drug-likeness (QED) is 0.217. The summed E-state index contributed by atoms with van der Waals surface area (Å²) in [5.74, 6) is -0.225. The summed E-state index contributed by atoms with van der Waals surface area (Å²) in [5, 5.41) is 17.3. The molecule has 3 rings (SSSR count). The number of phenolic OH excluding ortho intramolecular Hbond substituents is 1. The molecule has 7 nitrogen and oxygen atoms in total. The average molecular weight is 472 g/mol. The summed E-state index contributed by atoms with van der Waals surface area (Å²) in [5.41, 5.74) is 5.14. The Morgan fingerprint density at radius 3 is 2.43 bits per heavy atom. The van der Waals surface area contributed by atoms with Gasteiger partial charge < -0.3 is 15.2 Å². The van der Waals surface area contributed by atoms with Crippen LogP contribution in [0.1, 0.15) is 46.4 Å². The van der Waals surface area contributed by atoms with E-state index in [-0.39, 0.29) is 24.0 Å². The predicted octanol–water partition coefficient (Wildman–Crippen LogP) is 4.53. The molecule has 0 unspecified atom stereocenters. The van der Waals surface area contributed by atoms with Crippen molar-refractivity contribution in [1.82, 2.24) is 10.7 Å². The molecule has 0 heterocycles. The first-order valence-corrected chi connectivity index (χ1v) is 11.3. The fourth-order valence-electron chi connectivity index (χ4n) is 3.52. The van der Waals surface area contributed by atoms with Crippen molar-refractivity contribution < 1.29 is 19.4 Å². The average Bonchev–Trinajstić information content (AvgIpc) is 2.87. The van der Waals surface area contributed by atoms with Gasteiger partial charge in [-0.3, -0.25) is 9.59 Å².